The van der Waals surface area contributed by atoms with Crippen LogP contribution in [0.15, 0.2) is 4.52 Å². The number of hydrogen-bond acceptors (Lipinski definition) is 7. The number of nitrogens with zero attached hydrogens (tertiary/aromatic N) is 5. The van der Waals surface area contributed by atoms with E-state index in [1.165, 1.54) is 0 Å². The fourth-order valence-electron chi connectivity index (χ4n) is 2.28. The van der Waals surface area contributed by atoms with Gasteiger partial charge >= 0.3 is 0 Å². The molecule has 7 nitrogen and oxygen atoms in total. The van der Waals surface area contributed by atoms with Crippen LogP contribution < -0.4 is 5.32 Å². The second-order valence-electron chi connectivity index (χ2n) is 5.89. The summed E-state index contributed by atoms with van der Waals surface area (Å²) >= 11 is 1.59. The number of fused-ring (bicyclic) bond motifs is 1. The summed E-state index contributed by atoms with van der Waals surface area (Å²) in [6.07, 6.45) is 0.822. The van der Waals surface area contributed by atoms with Gasteiger partial charge < -0.3 is 9.84 Å². The molecule has 8 heteroatoms. The van der Waals surface area contributed by atoms with Crippen LogP contribution in [-0.2, 0) is 13.5 Å². The quantitative estimate of drug-likeness (QED) is 0.778. The topological polar surface area (TPSA) is 81.7 Å². The summed E-state index contributed by atoms with van der Waals surface area (Å²) in [7, 11) is 1.90. The van der Waals surface area contributed by atoms with Crippen molar-refractivity contribution >= 4 is 26.8 Å². The maximum atomic E-state index is 5.34. The van der Waals surface area contributed by atoms with Gasteiger partial charge in [-0.15, -0.1) is 0 Å². The van der Waals surface area contributed by atoms with Crippen LogP contribution in [0.25, 0.3) is 10.3 Å². The van der Waals surface area contributed by atoms with Crippen molar-refractivity contribution in [2.45, 2.75) is 40.2 Å². The summed E-state index contributed by atoms with van der Waals surface area (Å²) < 4.78 is 8.23. The number of anilines is 1. The van der Waals surface area contributed by atoms with Crippen LogP contribution in [0.3, 0.4) is 0 Å². The number of thiazole rings is 1. The first-order valence-corrected chi connectivity index (χ1v) is 8.15. The molecule has 0 aromatic carbocycles. The molecule has 1 N–H and O–H groups in total. The van der Waals surface area contributed by atoms with E-state index < -0.39 is 0 Å². The van der Waals surface area contributed by atoms with Gasteiger partial charge in [0.05, 0.1) is 10.4 Å². The number of aromatic nitrogens is 5. The van der Waals surface area contributed by atoms with Gasteiger partial charge in [-0.3, -0.25) is 0 Å². The summed E-state index contributed by atoms with van der Waals surface area (Å²) in [5, 5.41) is 12.5. The second kappa shape index (κ2) is 5.68. The van der Waals surface area contributed by atoms with Crippen molar-refractivity contribution in [3.63, 3.8) is 0 Å². The van der Waals surface area contributed by atoms with Crippen molar-refractivity contribution in [2.75, 3.05) is 5.32 Å². The summed E-state index contributed by atoms with van der Waals surface area (Å²) in [5.41, 5.74) is 1.89. The lowest BCUT2D eigenvalue weighted by atomic mass is 10.1. The zero-order chi connectivity index (χ0) is 15.9. The highest BCUT2D eigenvalue weighted by Gasteiger charge is 2.18. The van der Waals surface area contributed by atoms with Crippen LogP contribution in [0, 0.1) is 12.8 Å². The highest BCUT2D eigenvalue weighted by molar-refractivity contribution is 7.22. The predicted octanol–water partition coefficient (Wildman–Crippen LogP) is 3.09. The molecule has 0 spiro atoms. The lowest BCUT2D eigenvalue weighted by Gasteiger charge is -2.07. The van der Waals surface area contributed by atoms with E-state index in [-0.39, 0.29) is 6.04 Å². The van der Waals surface area contributed by atoms with Gasteiger partial charge in [0.25, 0.3) is 0 Å². The molecule has 3 aromatic rings. The van der Waals surface area contributed by atoms with E-state index >= 15 is 0 Å². The number of nitrogens with one attached hydrogen (secondary N) is 1. The Balaban J connectivity index is 1.76. The third kappa shape index (κ3) is 2.83. The molecule has 0 bridgehead atoms. The Kier molecular flexibility index (Phi) is 3.86. The minimum atomic E-state index is -0.0813. The molecule has 0 aliphatic carbocycles. The molecular formula is C14H20N6OS. The molecular weight excluding hydrogens is 300 g/mol. The van der Waals surface area contributed by atoms with E-state index in [1.807, 2.05) is 20.9 Å². The first-order valence-electron chi connectivity index (χ1n) is 7.33. The molecule has 0 aliphatic rings. The fraction of sp³-hybridized carbons (Fsp3) is 0.571. The van der Waals surface area contributed by atoms with Crippen molar-refractivity contribution in [1.29, 1.82) is 0 Å². The monoisotopic (exact) mass is 320 g/mol. The molecule has 0 saturated carbocycles. The van der Waals surface area contributed by atoms with Crippen LogP contribution in [0.5, 0.6) is 0 Å². The van der Waals surface area contributed by atoms with E-state index in [1.54, 1.807) is 16.0 Å². The fourth-order valence-corrected chi connectivity index (χ4v) is 3.30. The summed E-state index contributed by atoms with van der Waals surface area (Å²) in [6.45, 7) is 8.25. The molecule has 0 saturated heterocycles. The Morgan fingerprint density at radius 3 is 2.73 bits per heavy atom. The Hall–Kier alpha value is -1.96. The molecule has 3 aromatic heterocycles. The molecule has 0 amide bonds. The molecule has 0 unspecified atom stereocenters. The van der Waals surface area contributed by atoms with Crippen molar-refractivity contribution in [1.82, 2.24) is 24.9 Å². The smallest absolute Gasteiger partial charge is 0.248 e. The van der Waals surface area contributed by atoms with Gasteiger partial charge in [-0.1, -0.05) is 30.3 Å². The van der Waals surface area contributed by atoms with Crippen molar-refractivity contribution in [3.8, 4) is 0 Å². The van der Waals surface area contributed by atoms with E-state index in [9.17, 15) is 0 Å². The van der Waals surface area contributed by atoms with Gasteiger partial charge in [0, 0.05) is 13.5 Å². The maximum Gasteiger partial charge on any atom is 0.248 e. The van der Waals surface area contributed by atoms with Gasteiger partial charge in [-0.25, -0.2) is 9.67 Å². The first-order chi connectivity index (χ1) is 10.4. The SMILES string of the molecule is Cc1nn(C)c2nc(N[C@H](C)c3nc(CC(C)C)no3)sc12. The molecule has 22 heavy (non-hydrogen) atoms. The Bertz CT molecular complexity index is 752. The highest BCUT2D eigenvalue weighted by atomic mass is 32.1. The van der Waals surface area contributed by atoms with E-state index in [0.29, 0.717) is 11.8 Å². The van der Waals surface area contributed by atoms with Gasteiger partial charge in [0.15, 0.2) is 16.6 Å². The molecule has 3 heterocycles. The van der Waals surface area contributed by atoms with Crippen molar-refractivity contribution in [3.05, 3.63) is 17.4 Å². The van der Waals surface area contributed by atoms with Gasteiger partial charge in [0.1, 0.15) is 6.04 Å². The lowest BCUT2D eigenvalue weighted by molar-refractivity contribution is 0.361. The van der Waals surface area contributed by atoms with Crippen LogP contribution >= 0.6 is 11.3 Å². The zero-order valence-electron chi connectivity index (χ0n) is 13.4. The summed E-state index contributed by atoms with van der Waals surface area (Å²) in [5.74, 6) is 1.85. The van der Waals surface area contributed by atoms with E-state index in [2.05, 4.69) is 39.4 Å². The Morgan fingerprint density at radius 1 is 1.27 bits per heavy atom. The van der Waals surface area contributed by atoms with Crippen molar-refractivity contribution in [2.24, 2.45) is 13.0 Å². The third-order valence-corrected chi connectivity index (χ3v) is 4.41. The van der Waals surface area contributed by atoms with Crippen LogP contribution in [-0.4, -0.2) is 24.9 Å². The van der Waals surface area contributed by atoms with Crippen LogP contribution in [0.2, 0.25) is 0 Å². The van der Waals surface area contributed by atoms with Gasteiger partial charge in [0.2, 0.25) is 5.89 Å². The van der Waals surface area contributed by atoms with E-state index in [4.69, 9.17) is 4.52 Å². The number of rotatable bonds is 5. The number of aryl methyl sites for hydroxylation is 2. The normalized spacial score (nSPS) is 13.2. The maximum absolute atomic E-state index is 5.34. The van der Waals surface area contributed by atoms with Crippen molar-refractivity contribution < 1.29 is 4.52 Å². The third-order valence-electron chi connectivity index (χ3n) is 3.33. The van der Waals surface area contributed by atoms with E-state index in [0.717, 1.165) is 33.4 Å². The van der Waals surface area contributed by atoms with Crippen LogP contribution in [0.4, 0.5) is 5.13 Å². The highest BCUT2D eigenvalue weighted by Crippen LogP contribution is 2.30. The minimum Gasteiger partial charge on any atom is -0.350 e. The Labute approximate surface area is 132 Å². The lowest BCUT2D eigenvalue weighted by Crippen LogP contribution is -2.07. The molecule has 118 valence electrons. The van der Waals surface area contributed by atoms with Gasteiger partial charge in [-0.2, -0.15) is 10.1 Å². The Morgan fingerprint density at radius 2 is 2.05 bits per heavy atom. The summed E-state index contributed by atoms with van der Waals surface area (Å²) in [4.78, 5) is 9.01. The molecule has 1 atom stereocenters. The molecule has 0 fully saturated rings. The standard InChI is InChI=1S/C14H20N6OS/c1-7(2)6-10-16-13(21-19-10)9(4)15-14-17-12-11(22-14)8(3)18-20(12)5/h7,9H,6H2,1-5H3,(H,15,17)/t9-/m1/s1. The summed E-state index contributed by atoms with van der Waals surface area (Å²) in [6, 6.07) is -0.0813. The minimum absolute atomic E-state index is 0.0813. The average Bonchev–Trinajstić information content (AvgIpc) is 3.09. The second-order valence-corrected chi connectivity index (χ2v) is 6.89. The molecule has 0 aliphatic heterocycles. The first kappa shape index (κ1) is 15.0. The largest absolute Gasteiger partial charge is 0.350 e. The van der Waals surface area contributed by atoms with Crippen LogP contribution in [0.1, 0.15) is 44.2 Å². The predicted molar refractivity (Wildman–Crippen MR) is 86.0 cm³/mol. The average molecular weight is 320 g/mol. The number of hydrogen-bond donors (Lipinski definition) is 1. The molecule has 0 radical (unpaired) electrons. The van der Waals surface area contributed by atoms with Gasteiger partial charge in [-0.05, 0) is 19.8 Å². The zero-order valence-corrected chi connectivity index (χ0v) is 14.2. The molecule has 3 rings (SSSR count).